The van der Waals surface area contributed by atoms with E-state index < -0.39 is 12.0 Å². The molecule has 0 aromatic rings. The quantitative estimate of drug-likeness (QED) is 0.832. The van der Waals surface area contributed by atoms with Gasteiger partial charge in [0.1, 0.15) is 6.04 Å². The minimum Gasteiger partial charge on any atom is -0.480 e. The number of carboxylic acids is 1. The second-order valence-electron chi connectivity index (χ2n) is 5.58. The van der Waals surface area contributed by atoms with Crippen molar-refractivity contribution < 1.29 is 19.4 Å². The van der Waals surface area contributed by atoms with Crippen molar-refractivity contribution in [2.45, 2.75) is 38.6 Å². The molecule has 6 nitrogen and oxygen atoms in total. The van der Waals surface area contributed by atoms with E-state index >= 15 is 0 Å². The van der Waals surface area contributed by atoms with E-state index in [4.69, 9.17) is 4.74 Å². The summed E-state index contributed by atoms with van der Waals surface area (Å²) < 4.78 is 5.34. The summed E-state index contributed by atoms with van der Waals surface area (Å²) in [5.74, 6) is -0.477. The number of urea groups is 1. The molecule has 0 aliphatic carbocycles. The van der Waals surface area contributed by atoms with E-state index in [-0.39, 0.29) is 6.03 Å². The van der Waals surface area contributed by atoms with Gasteiger partial charge in [0.2, 0.25) is 0 Å². The standard InChI is InChI=1S/C14H24N2O4/c1-2-11-4-6-16(12(10-11)13(17)18)14(19)15-5-3-8-20-9-7-15/h11-12H,2-10H2,1H3,(H,17,18). The largest absolute Gasteiger partial charge is 0.480 e. The van der Waals surface area contributed by atoms with Crippen LogP contribution in [0.3, 0.4) is 0 Å². The van der Waals surface area contributed by atoms with Gasteiger partial charge in [-0.1, -0.05) is 13.3 Å². The molecule has 2 amide bonds. The molecule has 0 saturated carbocycles. The molecule has 2 fully saturated rings. The molecule has 2 heterocycles. The van der Waals surface area contributed by atoms with Crippen molar-refractivity contribution in [2.75, 3.05) is 32.8 Å². The van der Waals surface area contributed by atoms with Gasteiger partial charge in [0.15, 0.2) is 0 Å². The third-order valence-electron chi connectivity index (χ3n) is 4.31. The van der Waals surface area contributed by atoms with Crippen LogP contribution >= 0.6 is 0 Å². The molecule has 2 aliphatic rings. The highest BCUT2D eigenvalue weighted by Crippen LogP contribution is 2.26. The number of carboxylic acid groups (broad SMARTS) is 1. The molecule has 0 spiro atoms. The summed E-state index contributed by atoms with van der Waals surface area (Å²) in [5, 5.41) is 9.39. The minimum atomic E-state index is -0.887. The first-order chi connectivity index (χ1) is 9.63. The van der Waals surface area contributed by atoms with Crippen LogP contribution in [0.1, 0.15) is 32.6 Å². The summed E-state index contributed by atoms with van der Waals surface area (Å²) in [5.41, 5.74) is 0. The monoisotopic (exact) mass is 284 g/mol. The van der Waals surface area contributed by atoms with Crippen LogP contribution in [0.15, 0.2) is 0 Å². The predicted octanol–water partition coefficient (Wildman–Crippen LogP) is 1.40. The summed E-state index contributed by atoms with van der Waals surface area (Å²) in [4.78, 5) is 27.3. The van der Waals surface area contributed by atoms with E-state index in [1.165, 1.54) is 0 Å². The maximum absolute atomic E-state index is 12.5. The molecule has 2 aliphatic heterocycles. The Morgan fingerprint density at radius 2 is 2.05 bits per heavy atom. The zero-order chi connectivity index (χ0) is 14.5. The lowest BCUT2D eigenvalue weighted by Crippen LogP contribution is -2.55. The van der Waals surface area contributed by atoms with Crippen molar-refractivity contribution in [3.05, 3.63) is 0 Å². The normalized spacial score (nSPS) is 28.1. The fourth-order valence-corrected chi connectivity index (χ4v) is 2.99. The Hall–Kier alpha value is -1.30. The summed E-state index contributed by atoms with van der Waals surface area (Å²) >= 11 is 0. The molecule has 2 unspecified atom stereocenters. The lowest BCUT2D eigenvalue weighted by atomic mass is 9.89. The van der Waals surface area contributed by atoms with Crippen molar-refractivity contribution in [3.8, 4) is 0 Å². The highest BCUT2D eigenvalue weighted by atomic mass is 16.5. The van der Waals surface area contributed by atoms with E-state index in [0.717, 1.165) is 19.3 Å². The van der Waals surface area contributed by atoms with Gasteiger partial charge in [-0.05, 0) is 25.2 Å². The van der Waals surface area contributed by atoms with Crippen molar-refractivity contribution in [3.63, 3.8) is 0 Å². The number of carbonyl (C=O) groups excluding carboxylic acids is 1. The smallest absolute Gasteiger partial charge is 0.326 e. The fourth-order valence-electron chi connectivity index (χ4n) is 2.99. The molecule has 0 radical (unpaired) electrons. The first-order valence-corrected chi connectivity index (χ1v) is 7.49. The lowest BCUT2D eigenvalue weighted by Gasteiger charge is -2.39. The lowest BCUT2D eigenvalue weighted by molar-refractivity contribution is -0.144. The topological polar surface area (TPSA) is 70.1 Å². The van der Waals surface area contributed by atoms with Crippen molar-refractivity contribution >= 4 is 12.0 Å². The molecule has 20 heavy (non-hydrogen) atoms. The number of likely N-dealkylation sites (tertiary alicyclic amines) is 1. The fraction of sp³-hybridized carbons (Fsp3) is 0.857. The van der Waals surface area contributed by atoms with Crippen molar-refractivity contribution in [1.82, 2.24) is 9.80 Å². The Kier molecular flexibility index (Phi) is 5.23. The summed E-state index contributed by atoms with van der Waals surface area (Å²) in [6.45, 7) is 5.04. The van der Waals surface area contributed by atoms with Gasteiger partial charge in [-0.15, -0.1) is 0 Å². The molecule has 0 aromatic carbocycles. The highest BCUT2D eigenvalue weighted by Gasteiger charge is 2.37. The van der Waals surface area contributed by atoms with Gasteiger partial charge in [0, 0.05) is 26.2 Å². The van der Waals surface area contributed by atoms with Crippen LogP contribution in [0.25, 0.3) is 0 Å². The van der Waals surface area contributed by atoms with Crippen LogP contribution in [-0.4, -0.2) is 65.8 Å². The molecule has 2 saturated heterocycles. The Labute approximate surface area is 119 Å². The SMILES string of the molecule is CCC1CCN(C(=O)N2CCCOCC2)C(C(=O)O)C1. The van der Waals surface area contributed by atoms with Crippen LogP contribution in [-0.2, 0) is 9.53 Å². The van der Waals surface area contributed by atoms with Gasteiger partial charge in [-0.2, -0.15) is 0 Å². The number of rotatable bonds is 2. The number of nitrogens with zero attached hydrogens (tertiary/aromatic N) is 2. The van der Waals surface area contributed by atoms with Gasteiger partial charge in [0.05, 0.1) is 6.61 Å². The van der Waals surface area contributed by atoms with E-state index in [2.05, 4.69) is 6.92 Å². The summed E-state index contributed by atoms with van der Waals surface area (Å²) in [6.07, 6.45) is 3.26. The average Bonchev–Trinajstić information content (AvgIpc) is 2.74. The average molecular weight is 284 g/mol. The molecule has 0 bridgehead atoms. The van der Waals surface area contributed by atoms with Gasteiger partial charge >= 0.3 is 12.0 Å². The molecule has 114 valence electrons. The molecule has 2 rings (SSSR count). The number of ether oxygens (including phenoxy) is 1. The number of amides is 2. The van der Waals surface area contributed by atoms with E-state index in [0.29, 0.717) is 45.2 Å². The maximum atomic E-state index is 12.5. The Morgan fingerprint density at radius 3 is 2.75 bits per heavy atom. The molecule has 1 N–H and O–H groups in total. The molecular formula is C14H24N2O4. The molecule has 2 atom stereocenters. The summed E-state index contributed by atoms with van der Waals surface area (Å²) in [6, 6.07) is -0.817. The molecular weight excluding hydrogens is 260 g/mol. The van der Waals surface area contributed by atoms with Crippen LogP contribution in [0.2, 0.25) is 0 Å². The van der Waals surface area contributed by atoms with Crippen LogP contribution in [0.5, 0.6) is 0 Å². The van der Waals surface area contributed by atoms with E-state index in [1.54, 1.807) is 9.80 Å². The Balaban J connectivity index is 2.04. The van der Waals surface area contributed by atoms with Crippen LogP contribution < -0.4 is 0 Å². The molecule has 0 aromatic heterocycles. The number of piperidine rings is 1. The summed E-state index contributed by atoms with van der Waals surface area (Å²) in [7, 11) is 0. The van der Waals surface area contributed by atoms with E-state index in [1.807, 2.05) is 0 Å². The van der Waals surface area contributed by atoms with E-state index in [9.17, 15) is 14.7 Å². The minimum absolute atomic E-state index is 0.141. The van der Waals surface area contributed by atoms with Gasteiger partial charge in [-0.25, -0.2) is 9.59 Å². The predicted molar refractivity (Wildman–Crippen MR) is 73.5 cm³/mol. The number of hydrogen-bond donors (Lipinski definition) is 1. The van der Waals surface area contributed by atoms with Crippen molar-refractivity contribution in [2.24, 2.45) is 5.92 Å². The number of hydrogen-bond acceptors (Lipinski definition) is 3. The first kappa shape index (κ1) is 15.1. The first-order valence-electron chi connectivity index (χ1n) is 7.49. The maximum Gasteiger partial charge on any atom is 0.326 e. The van der Waals surface area contributed by atoms with Gasteiger partial charge in [0.25, 0.3) is 0 Å². The zero-order valence-electron chi connectivity index (χ0n) is 12.1. The van der Waals surface area contributed by atoms with Gasteiger partial charge < -0.3 is 19.6 Å². The van der Waals surface area contributed by atoms with Crippen LogP contribution in [0.4, 0.5) is 4.79 Å². The second-order valence-corrected chi connectivity index (χ2v) is 5.58. The zero-order valence-corrected chi connectivity index (χ0v) is 12.1. The highest BCUT2D eigenvalue weighted by molar-refractivity contribution is 5.83. The molecule has 6 heteroatoms. The number of carbonyl (C=O) groups is 2. The second kappa shape index (κ2) is 6.92. The Bertz CT molecular complexity index is 353. The number of aliphatic carboxylic acids is 1. The third-order valence-corrected chi connectivity index (χ3v) is 4.31. The van der Waals surface area contributed by atoms with Crippen molar-refractivity contribution in [1.29, 1.82) is 0 Å². The Morgan fingerprint density at radius 1 is 1.25 bits per heavy atom. The van der Waals surface area contributed by atoms with Gasteiger partial charge in [-0.3, -0.25) is 0 Å². The van der Waals surface area contributed by atoms with Crippen LogP contribution in [0, 0.1) is 5.92 Å². The third kappa shape index (κ3) is 3.42.